The smallest absolute Gasteiger partial charge is 0.371 e. The van der Waals surface area contributed by atoms with Crippen molar-refractivity contribution in [3.63, 3.8) is 0 Å². The third-order valence-corrected chi connectivity index (χ3v) is 4.86. The monoisotopic (exact) mass is 324 g/mol. The molecule has 124 valence electrons. The van der Waals surface area contributed by atoms with Crippen LogP contribution in [0.2, 0.25) is 0 Å². The number of aromatic carboxylic acids is 1. The molecule has 0 amide bonds. The fourth-order valence-electron chi connectivity index (χ4n) is 3.64. The molecule has 3 aromatic rings. The molecule has 1 fully saturated rings. The lowest BCUT2D eigenvalue weighted by Crippen LogP contribution is -2.15. The molecule has 4 rings (SSSR count). The van der Waals surface area contributed by atoms with Crippen molar-refractivity contribution in [1.29, 1.82) is 0 Å². The van der Waals surface area contributed by atoms with Gasteiger partial charge in [0.05, 0.1) is 5.52 Å². The van der Waals surface area contributed by atoms with Gasteiger partial charge in [0.1, 0.15) is 5.69 Å². The van der Waals surface area contributed by atoms with Crippen molar-refractivity contribution in [1.82, 2.24) is 9.78 Å². The van der Waals surface area contributed by atoms with E-state index in [-0.39, 0.29) is 5.76 Å². The van der Waals surface area contributed by atoms with Crippen molar-refractivity contribution in [3.05, 3.63) is 42.2 Å². The van der Waals surface area contributed by atoms with Gasteiger partial charge >= 0.3 is 5.97 Å². The molecule has 5 heteroatoms. The molecule has 2 aromatic heterocycles. The van der Waals surface area contributed by atoms with Gasteiger partial charge in [-0.3, -0.25) is 4.68 Å². The minimum atomic E-state index is -1.06. The number of nitrogens with zero attached hydrogens (tertiary/aromatic N) is 2. The van der Waals surface area contributed by atoms with Crippen molar-refractivity contribution in [2.75, 3.05) is 0 Å². The lowest BCUT2D eigenvalue weighted by molar-refractivity contribution is 0.0663. The van der Waals surface area contributed by atoms with Crippen LogP contribution in [0.5, 0.6) is 0 Å². The van der Waals surface area contributed by atoms with Crippen LogP contribution in [-0.2, 0) is 6.54 Å². The summed E-state index contributed by atoms with van der Waals surface area (Å²) in [7, 11) is 0. The topological polar surface area (TPSA) is 68.3 Å². The highest BCUT2D eigenvalue weighted by Crippen LogP contribution is 2.31. The molecule has 0 aliphatic heterocycles. The second-order valence-corrected chi connectivity index (χ2v) is 6.52. The van der Waals surface area contributed by atoms with E-state index in [9.17, 15) is 4.79 Å². The second-order valence-electron chi connectivity index (χ2n) is 6.52. The summed E-state index contributed by atoms with van der Waals surface area (Å²) in [5.41, 5.74) is 1.79. The Morgan fingerprint density at radius 1 is 1.17 bits per heavy atom. The molecule has 5 nitrogen and oxygen atoms in total. The van der Waals surface area contributed by atoms with E-state index in [1.165, 1.54) is 38.2 Å². The molecular formula is C19H20N2O3. The third-order valence-electron chi connectivity index (χ3n) is 4.86. The number of benzene rings is 1. The average molecular weight is 324 g/mol. The van der Waals surface area contributed by atoms with Crippen LogP contribution in [0.15, 0.2) is 40.8 Å². The Labute approximate surface area is 139 Å². The van der Waals surface area contributed by atoms with E-state index in [0.717, 1.165) is 17.4 Å². The predicted molar refractivity (Wildman–Crippen MR) is 91.0 cm³/mol. The highest BCUT2D eigenvalue weighted by atomic mass is 16.4. The van der Waals surface area contributed by atoms with E-state index >= 15 is 0 Å². The Morgan fingerprint density at radius 2 is 1.96 bits per heavy atom. The van der Waals surface area contributed by atoms with Gasteiger partial charge in [0.25, 0.3) is 0 Å². The molecule has 1 aliphatic rings. The molecule has 0 atom stereocenters. The van der Waals surface area contributed by atoms with Gasteiger partial charge in [-0.2, -0.15) is 5.10 Å². The summed E-state index contributed by atoms with van der Waals surface area (Å²) in [5.74, 6) is 0.0511. The first-order chi connectivity index (χ1) is 11.7. The predicted octanol–water partition coefficient (Wildman–Crippen LogP) is 4.57. The zero-order valence-electron chi connectivity index (χ0n) is 13.4. The van der Waals surface area contributed by atoms with Gasteiger partial charge in [-0.25, -0.2) is 4.79 Å². The number of furan rings is 1. The maximum absolute atomic E-state index is 11.1. The first kappa shape index (κ1) is 15.0. The van der Waals surface area contributed by atoms with E-state index in [1.54, 1.807) is 6.07 Å². The van der Waals surface area contributed by atoms with Gasteiger partial charge in [0.2, 0.25) is 5.76 Å². The van der Waals surface area contributed by atoms with E-state index in [2.05, 4.69) is 10.7 Å². The number of rotatable bonds is 4. The minimum Gasteiger partial charge on any atom is -0.475 e. The van der Waals surface area contributed by atoms with Crippen LogP contribution in [0.1, 0.15) is 42.7 Å². The van der Waals surface area contributed by atoms with E-state index in [0.29, 0.717) is 17.4 Å². The fraction of sp³-hybridized carbons (Fsp3) is 0.368. The summed E-state index contributed by atoms with van der Waals surface area (Å²) in [6, 6.07) is 11.2. The largest absolute Gasteiger partial charge is 0.475 e. The molecule has 1 aliphatic carbocycles. The molecule has 24 heavy (non-hydrogen) atoms. The van der Waals surface area contributed by atoms with Gasteiger partial charge in [-0.15, -0.1) is 0 Å². The van der Waals surface area contributed by atoms with E-state index in [1.807, 2.05) is 18.2 Å². The summed E-state index contributed by atoms with van der Waals surface area (Å²) in [5, 5.41) is 14.8. The number of carboxylic acid groups (broad SMARTS) is 1. The summed E-state index contributed by atoms with van der Waals surface area (Å²) >= 11 is 0. The van der Waals surface area contributed by atoms with Crippen molar-refractivity contribution >= 4 is 16.9 Å². The third kappa shape index (κ3) is 2.70. The van der Waals surface area contributed by atoms with Crippen molar-refractivity contribution < 1.29 is 14.3 Å². The fourth-order valence-corrected chi connectivity index (χ4v) is 3.64. The van der Waals surface area contributed by atoms with Crippen LogP contribution in [0.4, 0.5) is 0 Å². The maximum Gasteiger partial charge on any atom is 0.371 e. The summed E-state index contributed by atoms with van der Waals surface area (Å²) in [6.45, 7) is 0.910. The second kappa shape index (κ2) is 6.15. The molecule has 0 saturated heterocycles. The Kier molecular flexibility index (Phi) is 3.84. The zero-order chi connectivity index (χ0) is 16.5. The summed E-state index contributed by atoms with van der Waals surface area (Å²) in [6.07, 6.45) is 6.46. The number of aromatic nitrogens is 2. The maximum atomic E-state index is 11.1. The number of carbonyl (C=O) groups is 1. The Hall–Kier alpha value is -2.56. The average Bonchev–Trinajstić information content (AvgIpc) is 3.21. The van der Waals surface area contributed by atoms with Gasteiger partial charge < -0.3 is 9.52 Å². The standard InChI is InChI=1S/C19H20N2O3/c22-19(23)17-11-10-16(24-17)18-14-8-4-5-9-15(14)21(20-18)12-13-6-2-1-3-7-13/h4-5,8-11,13H,1-3,6-7,12H2,(H,22,23). The molecular weight excluding hydrogens is 304 g/mol. The van der Waals surface area contributed by atoms with Crippen LogP contribution >= 0.6 is 0 Å². The van der Waals surface area contributed by atoms with Crippen LogP contribution in [0, 0.1) is 5.92 Å². The Morgan fingerprint density at radius 3 is 2.71 bits per heavy atom. The molecule has 1 saturated carbocycles. The van der Waals surface area contributed by atoms with Crippen LogP contribution in [0.3, 0.4) is 0 Å². The van der Waals surface area contributed by atoms with Crippen LogP contribution in [0.25, 0.3) is 22.4 Å². The molecule has 1 aromatic carbocycles. The molecule has 0 radical (unpaired) electrons. The van der Waals surface area contributed by atoms with Gasteiger partial charge in [-0.1, -0.05) is 37.5 Å². The van der Waals surface area contributed by atoms with Crippen molar-refractivity contribution in [2.45, 2.75) is 38.6 Å². The lowest BCUT2D eigenvalue weighted by Gasteiger charge is -2.21. The van der Waals surface area contributed by atoms with Crippen LogP contribution < -0.4 is 0 Å². The lowest BCUT2D eigenvalue weighted by atomic mass is 9.89. The Bertz CT molecular complexity index is 872. The molecule has 0 bridgehead atoms. The first-order valence-electron chi connectivity index (χ1n) is 8.51. The number of hydrogen-bond donors (Lipinski definition) is 1. The number of fused-ring (bicyclic) bond motifs is 1. The highest BCUT2D eigenvalue weighted by molar-refractivity contribution is 5.93. The van der Waals surface area contributed by atoms with Gasteiger partial charge in [-0.05, 0) is 37.0 Å². The van der Waals surface area contributed by atoms with Gasteiger partial charge in [0, 0.05) is 11.9 Å². The summed E-state index contributed by atoms with van der Waals surface area (Å²) in [4.78, 5) is 11.1. The minimum absolute atomic E-state index is 0.0593. The van der Waals surface area contributed by atoms with Crippen molar-refractivity contribution in [2.24, 2.45) is 5.92 Å². The van der Waals surface area contributed by atoms with E-state index in [4.69, 9.17) is 14.6 Å². The normalized spacial score (nSPS) is 15.8. The molecule has 0 spiro atoms. The Balaban J connectivity index is 1.74. The summed E-state index contributed by atoms with van der Waals surface area (Å²) < 4.78 is 7.53. The zero-order valence-corrected chi connectivity index (χ0v) is 13.4. The van der Waals surface area contributed by atoms with Crippen LogP contribution in [-0.4, -0.2) is 20.9 Å². The number of hydrogen-bond acceptors (Lipinski definition) is 3. The number of carboxylic acids is 1. The SMILES string of the molecule is O=C(O)c1ccc(-c2nn(CC3CCCCC3)c3ccccc23)o1. The first-order valence-corrected chi connectivity index (χ1v) is 8.51. The van der Waals surface area contributed by atoms with E-state index < -0.39 is 5.97 Å². The van der Waals surface area contributed by atoms with Gasteiger partial charge in [0.15, 0.2) is 5.76 Å². The molecule has 1 N–H and O–H groups in total. The number of para-hydroxylation sites is 1. The molecule has 0 unspecified atom stereocenters. The van der Waals surface area contributed by atoms with Crippen molar-refractivity contribution in [3.8, 4) is 11.5 Å². The quantitative estimate of drug-likeness (QED) is 0.763. The highest BCUT2D eigenvalue weighted by Gasteiger charge is 2.20. The molecule has 2 heterocycles.